The van der Waals surface area contributed by atoms with Crippen molar-refractivity contribution in [2.45, 2.75) is 13.5 Å². The molecule has 0 radical (unpaired) electrons. The minimum atomic E-state index is -1.04. The van der Waals surface area contributed by atoms with Crippen LogP contribution < -0.4 is 19.7 Å². The standard InChI is InChI=1S/C27H20BrClN2O7/c1-2-37-22-12-17(21(28)13-23(22)38-14-15-4-3-5-16(10-15)26(34)35)11-20-24(32)30-27(36)31(25(20)33)19-8-6-18(29)7-9-19/h3-13H,2,14H2,1H3,(H,34,35)(H,30,32,36)/b20-11+. The van der Waals surface area contributed by atoms with Crippen molar-refractivity contribution in [3.63, 3.8) is 0 Å². The van der Waals surface area contributed by atoms with Gasteiger partial charge in [-0.15, -0.1) is 0 Å². The van der Waals surface area contributed by atoms with Crippen LogP contribution in [0.15, 0.2) is 70.7 Å². The normalized spacial score (nSPS) is 14.4. The van der Waals surface area contributed by atoms with Gasteiger partial charge in [0, 0.05) is 9.50 Å². The number of anilines is 1. The Morgan fingerprint density at radius 2 is 1.76 bits per heavy atom. The molecule has 9 nitrogen and oxygen atoms in total. The Morgan fingerprint density at radius 1 is 1.05 bits per heavy atom. The van der Waals surface area contributed by atoms with Crippen LogP contribution in [0.25, 0.3) is 6.08 Å². The number of urea groups is 1. The zero-order chi connectivity index (χ0) is 27.4. The summed E-state index contributed by atoms with van der Waals surface area (Å²) < 4.78 is 12.1. The molecule has 1 aliphatic rings. The molecule has 194 valence electrons. The van der Waals surface area contributed by atoms with E-state index in [-0.39, 0.29) is 23.4 Å². The number of amides is 4. The third-order valence-corrected chi connectivity index (χ3v) is 6.36. The van der Waals surface area contributed by atoms with Gasteiger partial charge >= 0.3 is 12.0 Å². The Hall–Kier alpha value is -4.15. The second-order valence-electron chi connectivity index (χ2n) is 7.98. The minimum absolute atomic E-state index is 0.0765. The van der Waals surface area contributed by atoms with Crippen LogP contribution in [0.2, 0.25) is 5.02 Å². The molecule has 0 aliphatic carbocycles. The fourth-order valence-corrected chi connectivity index (χ4v) is 4.20. The van der Waals surface area contributed by atoms with Gasteiger partial charge in [-0.05, 0) is 72.7 Å². The first kappa shape index (κ1) is 26.9. The maximum Gasteiger partial charge on any atom is 0.335 e. The largest absolute Gasteiger partial charge is 0.490 e. The Balaban J connectivity index is 1.64. The molecule has 4 amide bonds. The lowest BCUT2D eigenvalue weighted by molar-refractivity contribution is -0.122. The van der Waals surface area contributed by atoms with Gasteiger partial charge in [-0.25, -0.2) is 14.5 Å². The van der Waals surface area contributed by atoms with E-state index in [9.17, 15) is 24.3 Å². The lowest BCUT2D eigenvalue weighted by Crippen LogP contribution is -2.54. The van der Waals surface area contributed by atoms with Gasteiger partial charge in [0.05, 0.1) is 17.9 Å². The van der Waals surface area contributed by atoms with Gasteiger partial charge in [-0.2, -0.15) is 0 Å². The van der Waals surface area contributed by atoms with Gasteiger partial charge in [0.25, 0.3) is 11.8 Å². The summed E-state index contributed by atoms with van der Waals surface area (Å²) >= 11 is 9.35. The van der Waals surface area contributed by atoms with Crippen LogP contribution in [0, 0.1) is 0 Å². The number of ether oxygens (including phenoxy) is 2. The van der Waals surface area contributed by atoms with Gasteiger partial charge in [0.1, 0.15) is 12.2 Å². The Labute approximate surface area is 230 Å². The van der Waals surface area contributed by atoms with Crippen molar-refractivity contribution in [3.05, 3.63) is 92.4 Å². The molecule has 0 spiro atoms. The zero-order valence-electron chi connectivity index (χ0n) is 19.9. The number of aromatic carboxylic acids is 1. The molecule has 1 heterocycles. The van der Waals surface area contributed by atoms with Crippen LogP contribution in [0.1, 0.15) is 28.4 Å². The third-order valence-electron chi connectivity index (χ3n) is 5.42. The number of halogens is 2. The highest BCUT2D eigenvalue weighted by atomic mass is 79.9. The molecule has 0 aromatic heterocycles. The van der Waals surface area contributed by atoms with E-state index >= 15 is 0 Å². The third kappa shape index (κ3) is 5.87. The zero-order valence-corrected chi connectivity index (χ0v) is 22.2. The molecule has 3 aromatic rings. The molecule has 0 bridgehead atoms. The average Bonchev–Trinajstić information content (AvgIpc) is 2.88. The number of nitrogens with zero attached hydrogens (tertiary/aromatic N) is 1. The van der Waals surface area contributed by atoms with Crippen molar-refractivity contribution >= 4 is 63.1 Å². The number of benzene rings is 3. The summed E-state index contributed by atoms with van der Waals surface area (Å²) in [5.74, 6) is -1.98. The molecule has 4 rings (SSSR count). The molecular weight excluding hydrogens is 580 g/mol. The second-order valence-corrected chi connectivity index (χ2v) is 9.27. The second kappa shape index (κ2) is 11.5. The van der Waals surface area contributed by atoms with Gasteiger partial charge in [-0.1, -0.05) is 39.7 Å². The minimum Gasteiger partial charge on any atom is -0.490 e. The van der Waals surface area contributed by atoms with Crippen molar-refractivity contribution in [2.75, 3.05) is 11.5 Å². The van der Waals surface area contributed by atoms with Crippen LogP contribution >= 0.6 is 27.5 Å². The van der Waals surface area contributed by atoms with Gasteiger partial charge in [0.2, 0.25) is 0 Å². The number of hydrogen-bond donors (Lipinski definition) is 2. The number of imide groups is 2. The van der Waals surface area contributed by atoms with E-state index in [0.717, 1.165) is 4.90 Å². The fraction of sp³-hybridized carbons (Fsp3) is 0.111. The van der Waals surface area contributed by atoms with E-state index in [1.807, 2.05) is 0 Å². The van der Waals surface area contributed by atoms with Gasteiger partial charge < -0.3 is 14.6 Å². The van der Waals surface area contributed by atoms with Crippen molar-refractivity contribution < 1.29 is 33.8 Å². The summed E-state index contributed by atoms with van der Waals surface area (Å²) in [7, 11) is 0. The molecule has 1 aliphatic heterocycles. The monoisotopic (exact) mass is 598 g/mol. The Bertz CT molecular complexity index is 1470. The highest BCUT2D eigenvalue weighted by Gasteiger charge is 2.37. The predicted molar refractivity (Wildman–Crippen MR) is 143 cm³/mol. The molecule has 11 heteroatoms. The molecule has 2 N–H and O–H groups in total. The molecule has 0 atom stereocenters. The summed E-state index contributed by atoms with van der Waals surface area (Å²) in [6.45, 7) is 2.17. The number of barbiturate groups is 1. The van der Waals surface area contributed by atoms with Crippen LogP contribution in [-0.4, -0.2) is 35.5 Å². The van der Waals surface area contributed by atoms with Crippen LogP contribution in [0.5, 0.6) is 11.5 Å². The number of carbonyl (C=O) groups is 4. The SMILES string of the molecule is CCOc1cc(/C=C2\C(=O)NC(=O)N(c3ccc(Cl)cc3)C2=O)c(Br)cc1OCc1cccc(C(=O)O)c1. The Morgan fingerprint density at radius 3 is 2.45 bits per heavy atom. The highest BCUT2D eigenvalue weighted by Crippen LogP contribution is 2.36. The van der Waals surface area contributed by atoms with Crippen LogP contribution in [0.3, 0.4) is 0 Å². The van der Waals surface area contributed by atoms with E-state index in [2.05, 4.69) is 21.2 Å². The summed E-state index contributed by atoms with van der Waals surface area (Å²) in [4.78, 5) is 50.3. The maximum atomic E-state index is 13.2. The summed E-state index contributed by atoms with van der Waals surface area (Å²) in [6.07, 6.45) is 1.35. The molecule has 1 fully saturated rings. The van der Waals surface area contributed by atoms with Crippen LogP contribution in [-0.2, 0) is 16.2 Å². The number of carboxylic acid groups (broad SMARTS) is 1. The number of carbonyl (C=O) groups excluding carboxylic acids is 3. The Kier molecular flexibility index (Phi) is 8.13. The van der Waals surface area contributed by atoms with Gasteiger partial charge in [-0.3, -0.25) is 14.9 Å². The smallest absolute Gasteiger partial charge is 0.335 e. The number of rotatable bonds is 8. The lowest BCUT2D eigenvalue weighted by Gasteiger charge is -2.26. The van der Waals surface area contributed by atoms with Crippen molar-refractivity contribution in [1.82, 2.24) is 5.32 Å². The molecule has 0 saturated carbocycles. The number of hydrogen-bond acceptors (Lipinski definition) is 6. The molecule has 3 aromatic carbocycles. The van der Waals surface area contributed by atoms with Crippen LogP contribution in [0.4, 0.5) is 10.5 Å². The fourth-order valence-electron chi connectivity index (χ4n) is 3.64. The first-order valence-corrected chi connectivity index (χ1v) is 12.4. The van der Waals surface area contributed by atoms with E-state index < -0.39 is 23.8 Å². The summed E-state index contributed by atoms with van der Waals surface area (Å²) in [5, 5.41) is 11.8. The molecule has 0 unspecified atom stereocenters. The first-order valence-electron chi connectivity index (χ1n) is 11.3. The number of carboxylic acids is 1. The van der Waals surface area contributed by atoms with Crippen molar-refractivity contribution in [1.29, 1.82) is 0 Å². The number of nitrogens with one attached hydrogen (secondary N) is 1. The van der Waals surface area contributed by atoms with E-state index in [1.54, 1.807) is 31.2 Å². The molecule has 1 saturated heterocycles. The van der Waals surface area contributed by atoms with Gasteiger partial charge in [0.15, 0.2) is 11.5 Å². The highest BCUT2D eigenvalue weighted by molar-refractivity contribution is 9.10. The topological polar surface area (TPSA) is 122 Å². The molecular formula is C27H20BrClN2O7. The average molecular weight is 600 g/mol. The van der Waals surface area contributed by atoms with Crippen molar-refractivity contribution in [3.8, 4) is 11.5 Å². The van der Waals surface area contributed by atoms with E-state index in [0.29, 0.717) is 38.7 Å². The van der Waals surface area contributed by atoms with E-state index in [4.69, 9.17) is 21.1 Å². The summed E-state index contributed by atoms with van der Waals surface area (Å²) in [6, 6.07) is 14.7. The predicted octanol–water partition coefficient (Wildman–Crippen LogP) is 5.44. The maximum absolute atomic E-state index is 13.2. The quantitative estimate of drug-likeness (QED) is 0.261. The lowest BCUT2D eigenvalue weighted by atomic mass is 10.1. The first-order chi connectivity index (χ1) is 18.2. The van der Waals surface area contributed by atoms with Crippen molar-refractivity contribution in [2.24, 2.45) is 0 Å². The van der Waals surface area contributed by atoms with E-state index in [1.165, 1.54) is 42.5 Å². The summed E-state index contributed by atoms with van der Waals surface area (Å²) in [5.41, 5.74) is 1.20. The molecule has 38 heavy (non-hydrogen) atoms.